The van der Waals surface area contributed by atoms with Crippen LogP contribution in [0.25, 0.3) is 11.3 Å². The van der Waals surface area contributed by atoms with E-state index in [0.717, 1.165) is 34.7 Å². The molecule has 0 fully saturated rings. The van der Waals surface area contributed by atoms with Crippen LogP contribution in [0.3, 0.4) is 0 Å². The first kappa shape index (κ1) is 21.8. The number of hydrogen-bond acceptors (Lipinski definition) is 5. The molecule has 6 nitrogen and oxygen atoms in total. The predicted molar refractivity (Wildman–Crippen MR) is 120 cm³/mol. The summed E-state index contributed by atoms with van der Waals surface area (Å²) in [7, 11) is 0. The minimum Gasteiger partial charge on any atom is -0.462 e. The Kier molecular flexibility index (Phi) is 6.72. The number of amides is 1. The van der Waals surface area contributed by atoms with Crippen molar-refractivity contribution in [3.63, 3.8) is 0 Å². The summed E-state index contributed by atoms with van der Waals surface area (Å²) in [5.41, 5.74) is 5.74. The van der Waals surface area contributed by atoms with Crippen molar-refractivity contribution >= 4 is 28.9 Å². The SMILES string of the molecule is CCOC(=O)c1c(-c2csc(CC(=O)Nc3cccc(C)c3)n2)c(C)n(CC)c1C. The van der Waals surface area contributed by atoms with Crippen LogP contribution in [0.2, 0.25) is 0 Å². The average molecular weight is 426 g/mol. The number of anilines is 1. The molecule has 3 rings (SSSR count). The molecule has 0 aliphatic rings. The summed E-state index contributed by atoms with van der Waals surface area (Å²) in [4.78, 5) is 29.7. The van der Waals surface area contributed by atoms with Crippen molar-refractivity contribution in [2.75, 3.05) is 11.9 Å². The molecule has 0 aliphatic carbocycles. The van der Waals surface area contributed by atoms with Gasteiger partial charge < -0.3 is 14.6 Å². The zero-order valence-electron chi connectivity index (χ0n) is 18.0. The van der Waals surface area contributed by atoms with Gasteiger partial charge in [-0.25, -0.2) is 9.78 Å². The lowest BCUT2D eigenvalue weighted by atomic mass is 10.1. The van der Waals surface area contributed by atoms with E-state index < -0.39 is 0 Å². The van der Waals surface area contributed by atoms with Crippen LogP contribution in [0.15, 0.2) is 29.6 Å². The van der Waals surface area contributed by atoms with E-state index in [1.807, 2.05) is 57.3 Å². The van der Waals surface area contributed by atoms with Gasteiger partial charge in [-0.15, -0.1) is 11.3 Å². The first-order valence-corrected chi connectivity index (χ1v) is 10.9. The third-order valence-electron chi connectivity index (χ3n) is 5.00. The molecule has 0 atom stereocenters. The van der Waals surface area contributed by atoms with Crippen molar-refractivity contribution in [1.82, 2.24) is 9.55 Å². The van der Waals surface area contributed by atoms with Crippen molar-refractivity contribution < 1.29 is 14.3 Å². The number of nitrogens with zero attached hydrogens (tertiary/aromatic N) is 2. The van der Waals surface area contributed by atoms with Gasteiger partial charge >= 0.3 is 5.97 Å². The van der Waals surface area contributed by atoms with Crippen molar-refractivity contribution in [2.24, 2.45) is 0 Å². The topological polar surface area (TPSA) is 73.2 Å². The Morgan fingerprint density at radius 3 is 2.60 bits per heavy atom. The molecule has 0 radical (unpaired) electrons. The standard InChI is InChI=1S/C23H27N3O3S/c1-6-26-15(4)21(22(16(26)5)23(28)29-7-2)18-13-30-20(25-18)12-19(27)24-17-10-8-9-14(3)11-17/h8-11,13H,6-7,12H2,1-5H3,(H,24,27). The highest BCUT2D eigenvalue weighted by molar-refractivity contribution is 7.10. The van der Waals surface area contributed by atoms with Crippen molar-refractivity contribution in [3.8, 4) is 11.3 Å². The highest BCUT2D eigenvalue weighted by Gasteiger charge is 2.26. The van der Waals surface area contributed by atoms with Crippen LogP contribution in [0, 0.1) is 20.8 Å². The Labute approximate surface area is 180 Å². The van der Waals surface area contributed by atoms with Crippen LogP contribution >= 0.6 is 11.3 Å². The fourth-order valence-electron chi connectivity index (χ4n) is 3.70. The van der Waals surface area contributed by atoms with Gasteiger partial charge in [-0.2, -0.15) is 0 Å². The van der Waals surface area contributed by atoms with E-state index >= 15 is 0 Å². The third-order valence-corrected chi connectivity index (χ3v) is 5.85. The molecule has 158 valence electrons. The van der Waals surface area contributed by atoms with E-state index in [1.165, 1.54) is 11.3 Å². The Morgan fingerprint density at radius 1 is 1.17 bits per heavy atom. The van der Waals surface area contributed by atoms with Crippen LogP contribution in [0.4, 0.5) is 5.69 Å². The number of benzene rings is 1. The number of rotatable bonds is 7. The fourth-order valence-corrected chi connectivity index (χ4v) is 4.48. The highest BCUT2D eigenvalue weighted by atomic mass is 32.1. The average Bonchev–Trinajstić information content (AvgIpc) is 3.23. The van der Waals surface area contributed by atoms with Gasteiger partial charge in [0.15, 0.2) is 0 Å². The smallest absolute Gasteiger partial charge is 0.340 e. The summed E-state index contributed by atoms with van der Waals surface area (Å²) < 4.78 is 7.38. The minimum atomic E-state index is -0.341. The van der Waals surface area contributed by atoms with Gasteiger partial charge in [0.1, 0.15) is 5.01 Å². The van der Waals surface area contributed by atoms with Crippen LogP contribution < -0.4 is 5.32 Å². The zero-order valence-corrected chi connectivity index (χ0v) is 18.9. The van der Waals surface area contributed by atoms with E-state index in [9.17, 15) is 9.59 Å². The Hall–Kier alpha value is -2.93. The van der Waals surface area contributed by atoms with Gasteiger partial charge in [0.2, 0.25) is 5.91 Å². The maximum absolute atomic E-state index is 12.6. The molecule has 1 N–H and O–H groups in total. The van der Waals surface area contributed by atoms with Crippen LogP contribution in [-0.2, 0) is 22.5 Å². The molecule has 0 spiro atoms. The molecule has 1 aromatic carbocycles. The number of hydrogen-bond donors (Lipinski definition) is 1. The maximum atomic E-state index is 12.6. The second kappa shape index (κ2) is 9.26. The van der Waals surface area contributed by atoms with Gasteiger partial charge in [0.25, 0.3) is 0 Å². The van der Waals surface area contributed by atoms with E-state index in [0.29, 0.717) is 22.9 Å². The highest BCUT2D eigenvalue weighted by Crippen LogP contribution is 2.34. The quantitative estimate of drug-likeness (QED) is 0.546. The van der Waals surface area contributed by atoms with Crippen molar-refractivity contribution in [1.29, 1.82) is 0 Å². The zero-order chi connectivity index (χ0) is 21.8. The summed E-state index contributed by atoms with van der Waals surface area (Å²) in [5, 5.41) is 5.51. The van der Waals surface area contributed by atoms with E-state index in [-0.39, 0.29) is 18.3 Å². The van der Waals surface area contributed by atoms with E-state index in [1.54, 1.807) is 6.92 Å². The molecular formula is C23H27N3O3S. The lowest BCUT2D eigenvalue weighted by Gasteiger charge is -2.05. The summed E-state index contributed by atoms with van der Waals surface area (Å²) in [6.07, 6.45) is 0.180. The summed E-state index contributed by atoms with van der Waals surface area (Å²) in [6.45, 7) is 10.8. The number of ether oxygens (including phenoxy) is 1. The maximum Gasteiger partial charge on any atom is 0.340 e. The normalized spacial score (nSPS) is 10.8. The van der Waals surface area contributed by atoms with Gasteiger partial charge in [0, 0.05) is 34.6 Å². The molecule has 30 heavy (non-hydrogen) atoms. The Bertz CT molecular complexity index is 1080. The van der Waals surface area contributed by atoms with E-state index in [2.05, 4.69) is 14.9 Å². The number of nitrogens with one attached hydrogen (secondary N) is 1. The molecule has 0 saturated carbocycles. The minimum absolute atomic E-state index is 0.119. The predicted octanol–water partition coefficient (Wildman–Crippen LogP) is 4.91. The molecular weight excluding hydrogens is 398 g/mol. The second-order valence-corrected chi connectivity index (χ2v) is 8.05. The molecule has 0 unspecified atom stereocenters. The number of thiazole rings is 1. The number of esters is 1. The number of aromatic nitrogens is 2. The Morgan fingerprint density at radius 2 is 1.93 bits per heavy atom. The molecule has 2 aromatic heterocycles. The first-order chi connectivity index (χ1) is 14.3. The summed E-state index contributed by atoms with van der Waals surface area (Å²) >= 11 is 1.42. The van der Waals surface area contributed by atoms with Gasteiger partial charge in [-0.3, -0.25) is 4.79 Å². The molecule has 1 amide bonds. The molecule has 0 bridgehead atoms. The first-order valence-electron chi connectivity index (χ1n) is 10.0. The van der Waals surface area contributed by atoms with Gasteiger partial charge in [-0.1, -0.05) is 12.1 Å². The largest absolute Gasteiger partial charge is 0.462 e. The fraction of sp³-hybridized carbons (Fsp3) is 0.348. The van der Waals surface area contributed by atoms with Crippen molar-refractivity contribution in [3.05, 3.63) is 57.2 Å². The second-order valence-electron chi connectivity index (χ2n) is 7.11. The molecule has 2 heterocycles. The van der Waals surface area contributed by atoms with Crippen LogP contribution in [0.1, 0.15) is 46.2 Å². The summed E-state index contributed by atoms with van der Waals surface area (Å²) in [6, 6.07) is 7.68. The van der Waals surface area contributed by atoms with Gasteiger partial charge in [0.05, 0.1) is 24.3 Å². The van der Waals surface area contributed by atoms with Crippen molar-refractivity contribution in [2.45, 2.75) is 47.6 Å². The molecule has 0 aliphatic heterocycles. The molecule has 0 saturated heterocycles. The number of aryl methyl sites for hydroxylation is 1. The summed E-state index contributed by atoms with van der Waals surface area (Å²) in [5.74, 6) is -0.460. The van der Waals surface area contributed by atoms with Crippen LogP contribution in [0.5, 0.6) is 0 Å². The Balaban J connectivity index is 1.87. The number of carbonyl (C=O) groups excluding carboxylic acids is 2. The molecule has 7 heteroatoms. The van der Waals surface area contributed by atoms with Gasteiger partial charge in [-0.05, 0) is 52.3 Å². The molecule has 3 aromatic rings. The third kappa shape index (κ3) is 4.46. The van der Waals surface area contributed by atoms with E-state index in [4.69, 9.17) is 4.74 Å². The monoisotopic (exact) mass is 425 g/mol. The number of carbonyl (C=O) groups is 2. The lowest BCUT2D eigenvalue weighted by Crippen LogP contribution is -2.14. The van der Waals surface area contributed by atoms with Crippen LogP contribution in [-0.4, -0.2) is 28.0 Å². The lowest BCUT2D eigenvalue weighted by molar-refractivity contribution is -0.115.